The minimum atomic E-state index is -0.822. The third kappa shape index (κ3) is 23.4. The molecule has 8 nitrogen and oxygen atoms in total. The fourth-order valence-corrected chi connectivity index (χ4v) is 3.30. The van der Waals surface area contributed by atoms with Crippen LogP contribution in [-0.4, -0.2) is 60.9 Å². The zero-order chi connectivity index (χ0) is 25.2. The van der Waals surface area contributed by atoms with Gasteiger partial charge in [-0.1, -0.05) is 13.8 Å². The molecule has 0 aliphatic heterocycles. The Morgan fingerprint density at radius 3 is 1.59 bits per heavy atom. The third-order valence-corrected chi connectivity index (χ3v) is 5.04. The molecule has 4 atom stereocenters. The quantitative estimate of drug-likeness (QED) is 0.238. The number of ether oxygens (including phenoxy) is 2. The van der Waals surface area contributed by atoms with E-state index >= 15 is 0 Å². The number of halogens is 1. The molecule has 0 spiro atoms. The Morgan fingerprint density at radius 1 is 0.875 bits per heavy atom. The number of carboxylic acids is 2. The number of aliphatic carboxylic acids is 2. The molecule has 0 saturated heterocycles. The van der Waals surface area contributed by atoms with E-state index in [0.29, 0.717) is 31.5 Å². The number of hydrogen-bond donors (Lipinski definition) is 4. The smallest absolute Gasteiger partial charge is 0.303 e. The van der Waals surface area contributed by atoms with Gasteiger partial charge in [-0.05, 0) is 83.2 Å². The lowest BCUT2D eigenvalue weighted by molar-refractivity contribution is -0.139. The van der Waals surface area contributed by atoms with Gasteiger partial charge in [-0.25, -0.2) is 4.39 Å². The van der Waals surface area contributed by atoms with Gasteiger partial charge >= 0.3 is 11.9 Å². The van der Waals surface area contributed by atoms with Gasteiger partial charge in [0.2, 0.25) is 0 Å². The van der Waals surface area contributed by atoms with Crippen LogP contribution in [0.2, 0.25) is 0 Å². The normalized spacial score (nSPS) is 15.2. The molecule has 0 saturated carbocycles. The molecule has 0 aromatic carbocycles. The van der Waals surface area contributed by atoms with Crippen LogP contribution in [0.3, 0.4) is 0 Å². The van der Waals surface area contributed by atoms with Crippen molar-refractivity contribution >= 4 is 11.9 Å². The van der Waals surface area contributed by atoms with Gasteiger partial charge in [-0.15, -0.1) is 0 Å². The number of carbonyl (C=O) groups is 2. The van der Waals surface area contributed by atoms with Crippen LogP contribution in [0.15, 0.2) is 0 Å². The van der Waals surface area contributed by atoms with Crippen LogP contribution in [-0.2, 0) is 19.1 Å². The van der Waals surface area contributed by atoms with Crippen molar-refractivity contribution in [2.45, 2.75) is 78.7 Å². The Morgan fingerprint density at radius 2 is 1.28 bits per heavy atom. The van der Waals surface area contributed by atoms with E-state index in [-0.39, 0.29) is 30.3 Å². The SMILES string of the molecule is C[C@H](CCOC(C)(C)C)C[C@H](CN)CC(=O)O.C[C@H](CCOCF)C[C@H](CN)CC(=O)O. The maximum atomic E-state index is 11.6. The summed E-state index contributed by atoms with van der Waals surface area (Å²) in [5, 5.41) is 17.3. The van der Waals surface area contributed by atoms with Gasteiger partial charge in [-0.2, -0.15) is 0 Å². The molecular weight excluding hydrogens is 419 g/mol. The first-order valence-corrected chi connectivity index (χ1v) is 11.5. The van der Waals surface area contributed by atoms with E-state index < -0.39 is 18.8 Å². The van der Waals surface area contributed by atoms with E-state index in [0.717, 1.165) is 32.3 Å². The lowest BCUT2D eigenvalue weighted by Crippen LogP contribution is -2.23. The van der Waals surface area contributed by atoms with E-state index in [1.54, 1.807) is 0 Å². The fourth-order valence-electron chi connectivity index (χ4n) is 3.30. The van der Waals surface area contributed by atoms with E-state index in [4.69, 9.17) is 26.4 Å². The van der Waals surface area contributed by atoms with Gasteiger partial charge in [-0.3, -0.25) is 9.59 Å². The average Bonchev–Trinajstić information content (AvgIpc) is 2.65. The Labute approximate surface area is 193 Å². The number of nitrogens with two attached hydrogens (primary N) is 2. The van der Waals surface area contributed by atoms with Gasteiger partial charge in [0.05, 0.1) is 12.2 Å². The molecule has 9 heteroatoms. The average molecular weight is 467 g/mol. The molecule has 0 unspecified atom stereocenters. The first-order chi connectivity index (χ1) is 14.8. The molecule has 0 heterocycles. The van der Waals surface area contributed by atoms with Crippen LogP contribution in [0.1, 0.15) is 73.1 Å². The second-order valence-electron chi connectivity index (χ2n) is 9.64. The maximum Gasteiger partial charge on any atom is 0.303 e. The zero-order valence-corrected chi connectivity index (χ0v) is 20.6. The van der Waals surface area contributed by atoms with Gasteiger partial charge in [0.15, 0.2) is 6.86 Å². The number of alkyl halides is 1. The summed E-state index contributed by atoms with van der Waals surface area (Å²) in [4.78, 5) is 21.1. The monoisotopic (exact) mass is 466 g/mol. The molecule has 0 aliphatic rings. The largest absolute Gasteiger partial charge is 0.481 e. The summed E-state index contributed by atoms with van der Waals surface area (Å²) in [5.41, 5.74) is 10.9. The summed E-state index contributed by atoms with van der Waals surface area (Å²) in [6, 6.07) is 0. The Kier molecular flexibility index (Phi) is 19.7. The molecule has 0 aliphatic carbocycles. The molecule has 0 aromatic rings. The van der Waals surface area contributed by atoms with Crippen LogP contribution in [0, 0.1) is 23.7 Å². The highest BCUT2D eigenvalue weighted by molar-refractivity contribution is 5.67. The van der Waals surface area contributed by atoms with Crippen molar-refractivity contribution in [3.63, 3.8) is 0 Å². The minimum Gasteiger partial charge on any atom is -0.481 e. The minimum absolute atomic E-state index is 0.00266. The highest BCUT2D eigenvalue weighted by Gasteiger charge is 2.17. The van der Waals surface area contributed by atoms with Gasteiger partial charge in [0.1, 0.15) is 0 Å². The molecular formula is C23H47FN2O6. The maximum absolute atomic E-state index is 11.6. The molecule has 0 rings (SSSR count). The van der Waals surface area contributed by atoms with Crippen LogP contribution < -0.4 is 11.5 Å². The van der Waals surface area contributed by atoms with Gasteiger partial charge in [0.25, 0.3) is 0 Å². The first-order valence-electron chi connectivity index (χ1n) is 11.5. The Balaban J connectivity index is 0. The number of rotatable bonds is 17. The van der Waals surface area contributed by atoms with Crippen LogP contribution in [0.5, 0.6) is 0 Å². The topological polar surface area (TPSA) is 145 Å². The molecule has 0 radical (unpaired) electrons. The standard InChI is InChI=1S/C13H27NO3.C10H20FNO3/c1-10(5-6-17-13(2,3)4)7-11(9-14)8-12(15)16;1-8(2-3-15-7-11)4-9(6-12)5-10(13)14/h10-11H,5-9,14H2,1-4H3,(H,15,16);8-9H,2-7,12H2,1H3,(H,13,14)/t10-,11+;8-,9+/m11/s1. The molecule has 0 fully saturated rings. The number of carboxylic acid groups (broad SMARTS) is 2. The van der Waals surface area contributed by atoms with E-state index in [9.17, 15) is 14.0 Å². The van der Waals surface area contributed by atoms with E-state index in [2.05, 4.69) is 11.7 Å². The molecule has 0 aromatic heterocycles. The Hall–Kier alpha value is -1.29. The second-order valence-corrected chi connectivity index (χ2v) is 9.64. The lowest BCUT2D eigenvalue weighted by Gasteiger charge is -2.22. The van der Waals surface area contributed by atoms with Crippen LogP contribution >= 0.6 is 0 Å². The second kappa shape index (κ2) is 19.2. The number of hydrogen-bond acceptors (Lipinski definition) is 6. The van der Waals surface area contributed by atoms with Gasteiger partial charge in [0, 0.05) is 19.4 Å². The van der Waals surface area contributed by atoms with Crippen molar-refractivity contribution in [1.82, 2.24) is 0 Å². The zero-order valence-electron chi connectivity index (χ0n) is 20.6. The third-order valence-electron chi connectivity index (χ3n) is 5.04. The summed E-state index contributed by atoms with van der Waals surface area (Å²) in [6.45, 7) is 11.4. The van der Waals surface area contributed by atoms with Crippen molar-refractivity contribution in [3.8, 4) is 0 Å². The molecule has 6 N–H and O–H groups in total. The predicted octanol–water partition coefficient (Wildman–Crippen LogP) is 3.66. The fraction of sp³-hybridized carbons (Fsp3) is 0.913. The van der Waals surface area contributed by atoms with Crippen LogP contribution in [0.4, 0.5) is 4.39 Å². The molecule has 0 amide bonds. The highest BCUT2D eigenvalue weighted by atomic mass is 19.1. The summed E-state index contributed by atoms with van der Waals surface area (Å²) in [7, 11) is 0. The van der Waals surface area contributed by atoms with Crippen LogP contribution in [0.25, 0.3) is 0 Å². The van der Waals surface area contributed by atoms with Crippen molar-refractivity contribution in [1.29, 1.82) is 0 Å². The van der Waals surface area contributed by atoms with E-state index in [1.807, 2.05) is 27.7 Å². The van der Waals surface area contributed by atoms with Gasteiger partial charge < -0.3 is 31.2 Å². The Bertz CT molecular complexity index is 488. The molecule has 32 heavy (non-hydrogen) atoms. The van der Waals surface area contributed by atoms with E-state index in [1.165, 1.54) is 0 Å². The summed E-state index contributed by atoms with van der Waals surface area (Å²) >= 11 is 0. The lowest BCUT2D eigenvalue weighted by atomic mass is 9.91. The van der Waals surface area contributed by atoms with Crippen molar-refractivity contribution in [2.75, 3.05) is 33.2 Å². The highest BCUT2D eigenvalue weighted by Crippen LogP contribution is 2.19. The first kappa shape index (κ1) is 32.9. The van der Waals surface area contributed by atoms with Crippen molar-refractivity contribution < 1.29 is 33.7 Å². The summed E-state index contributed by atoms with van der Waals surface area (Å²) < 4.78 is 21.9. The molecule has 192 valence electrons. The van der Waals surface area contributed by atoms with Crippen molar-refractivity contribution in [2.24, 2.45) is 35.1 Å². The predicted molar refractivity (Wildman–Crippen MR) is 124 cm³/mol. The van der Waals surface area contributed by atoms with Crippen molar-refractivity contribution in [3.05, 3.63) is 0 Å². The summed E-state index contributed by atoms with van der Waals surface area (Å²) in [5.74, 6) is -0.744. The molecule has 0 bridgehead atoms. The summed E-state index contributed by atoms with van der Waals surface area (Å²) in [6.07, 6.45) is 3.56.